The van der Waals surface area contributed by atoms with Gasteiger partial charge in [-0.25, -0.2) is 0 Å². The lowest BCUT2D eigenvalue weighted by molar-refractivity contribution is -0.118. The average Bonchev–Trinajstić information content (AvgIpc) is 2.76. The SMILES string of the molecule is CCN(C(=O)CC(N)c1ccc(C(=O)Nc2ccncc2)cc1)c1ccccc1. The van der Waals surface area contributed by atoms with Crippen LogP contribution in [0.2, 0.25) is 0 Å². The van der Waals surface area contributed by atoms with E-state index in [1.165, 1.54) is 0 Å². The molecule has 0 fully saturated rings. The molecule has 29 heavy (non-hydrogen) atoms. The van der Waals surface area contributed by atoms with Crippen LogP contribution in [0.4, 0.5) is 11.4 Å². The normalized spacial score (nSPS) is 11.5. The molecular weight excluding hydrogens is 364 g/mol. The molecule has 0 spiro atoms. The molecule has 1 aromatic heterocycles. The number of amides is 2. The van der Waals surface area contributed by atoms with Gasteiger partial charge in [-0.2, -0.15) is 0 Å². The van der Waals surface area contributed by atoms with Gasteiger partial charge in [0.15, 0.2) is 0 Å². The number of rotatable bonds is 7. The Morgan fingerprint density at radius 3 is 2.28 bits per heavy atom. The van der Waals surface area contributed by atoms with Gasteiger partial charge in [0, 0.05) is 48.3 Å². The summed E-state index contributed by atoms with van der Waals surface area (Å²) in [5.74, 6) is -0.251. The second-order valence-corrected chi connectivity index (χ2v) is 6.60. The van der Waals surface area contributed by atoms with Gasteiger partial charge in [0.2, 0.25) is 5.91 Å². The molecule has 0 radical (unpaired) electrons. The van der Waals surface area contributed by atoms with Gasteiger partial charge < -0.3 is 16.0 Å². The maximum atomic E-state index is 12.7. The van der Waals surface area contributed by atoms with Crippen molar-refractivity contribution in [3.63, 3.8) is 0 Å². The summed E-state index contributed by atoms with van der Waals surface area (Å²) < 4.78 is 0. The van der Waals surface area contributed by atoms with E-state index in [0.717, 1.165) is 11.3 Å². The highest BCUT2D eigenvalue weighted by Crippen LogP contribution is 2.20. The van der Waals surface area contributed by atoms with Crippen LogP contribution < -0.4 is 16.0 Å². The molecule has 3 rings (SSSR count). The van der Waals surface area contributed by atoms with Crippen LogP contribution in [0.15, 0.2) is 79.1 Å². The van der Waals surface area contributed by atoms with Crippen molar-refractivity contribution < 1.29 is 9.59 Å². The zero-order valence-corrected chi connectivity index (χ0v) is 16.3. The highest BCUT2D eigenvalue weighted by molar-refractivity contribution is 6.04. The van der Waals surface area contributed by atoms with Crippen LogP contribution in [0.5, 0.6) is 0 Å². The Kier molecular flexibility index (Phi) is 6.71. The third-order valence-corrected chi connectivity index (χ3v) is 4.62. The topological polar surface area (TPSA) is 88.3 Å². The number of benzene rings is 2. The maximum absolute atomic E-state index is 12.7. The standard InChI is InChI=1S/C23H24N4O2/c1-2-27(20-6-4-3-5-7-20)22(28)16-21(24)17-8-10-18(11-9-17)23(29)26-19-12-14-25-15-13-19/h3-15,21H,2,16,24H2,1H3,(H,25,26,29). The van der Waals surface area contributed by atoms with Gasteiger partial charge in [-0.15, -0.1) is 0 Å². The third-order valence-electron chi connectivity index (χ3n) is 4.62. The molecule has 0 bridgehead atoms. The van der Waals surface area contributed by atoms with Crippen molar-refractivity contribution in [2.75, 3.05) is 16.8 Å². The Bertz CT molecular complexity index is 944. The summed E-state index contributed by atoms with van der Waals surface area (Å²) in [6.45, 7) is 2.51. The maximum Gasteiger partial charge on any atom is 0.255 e. The van der Waals surface area contributed by atoms with E-state index in [1.807, 2.05) is 37.3 Å². The first kappa shape index (κ1) is 20.2. The van der Waals surface area contributed by atoms with E-state index in [2.05, 4.69) is 10.3 Å². The van der Waals surface area contributed by atoms with Crippen LogP contribution >= 0.6 is 0 Å². The highest BCUT2D eigenvalue weighted by atomic mass is 16.2. The second kappa shape index (κ2) is 9.61. The smallest absolute Gasteiger partial charge is 0.255 e. The number of nitrogens with two attached hydrogens (primary N) is 1. The third kappa shape index (κ3) is 5.27. The molecule has 0 aliphatic rings. The van der Waals surface area contributed by atoms with Crippen molar-refractivity contribution in [1.29, 1.82) is 0 Å². The molecule has 0 saturated carbocycles. The highest BCUT2D eigenvalue weighted by Gasteiger charge is 2.18. The molecule has 3 aromatic rings. The minimum Gasteiger partial charge on any atom is -0.324 e. The van der Waals surface area contributed by atoms with E-state index in [0.29, 0.717) is 17.8 Å². The summed E-state index contributed by atoms with van der Waals surface area (Å²) in [5, 5.41) is 2.81. The minimum atomic E-state index is -0.447. The predicted octanol–water partition coefficient (Wildman–Crippen LogP) is 3.78. The molecule has 6 heteroatoms. The number of hydrogen-bond acceptors (Lipinski definition) is 4. The number of anilines is 2. The molecular formula is C23H24N4O2. The molecule has 2 aromatic carbocycles. The van der Waals surface area contributed by atoms with Crippen LogP contribution in [-0.2, 0) is 4.79 Å². The van der Waals surface area contributed by atoms with Gasteiger partial charge in [0.05, 0.1) is 0 Å². The van der Waals surface area contributed by atoms with Crippen LogP contribution in [0.1, 0.15) is 35.3 Å². The van der Waals surface area contributed by atoms with Crippen molar-refractivity contribution >= 4 is 23.2 Å². The van der Waals surface area contributed by atoms with Crippen molar-refractivity contribution in [3.05, 3.63) is 90.3 Å². The molecule has 0 aliphatic carbocycles. The Labute approximate surface area is 170 Å². The fourth-order valence-electron chi connectivity index (χ4n) is 3.05. The van der Waals surface area contributed by atoms with Gasteiger partial charge in [0.1, 0.15) is 0 Å². The summed E-state index contributed by atoms with van der Waals surface area (Å²) >= 11 is 0. The van der Waals surface area contributed by atoms with E-state index in [4.69, 9.17) is 5.73 Å². The predicted molar refractivity (Wildman–Crippen MR) is 115 cm³/mol. The first-order chi connectivity index (χ1) is 14.1. The zero-order chi connectivity index (χ0) is 20.6. The Morgan fingerprint density at radius 2 is 1.66 bits per heavy atom. The van der Waals surface area contributed by atoms with Gasteiger partial charge in [-0.1, -0.05) is 30.3 Å². The lowest BCUT2D eigenvalue weighted by atomic mass is 10.0. The average molecular weight is 388 g/mol. The van der Waals surface area contributed by atoms with Gasteiger partial charge in [-0.3, -0.25) is 14.6 Å². The summed E-state index contributed by atoms with van der Waals surface area (Å²) in [4.78, 5) is 30.7. The summed E-state index contributed by atoms with van der Waals surface area (Å²) in [5.41, 5.74) is 9.12. The fourth-order valence-corrected chi connectivity index (χ4v) is 3.05. The Morgan fingerprint density at radius 1 is 1.00 bits per heavy atom. The molecule has 0 saturated heterocycles. The van der Waals surface area contributed by atoms with E-state index in [-0.39, 0.29) is 18.2 Å². The number of nitrogens with zero attached hydrogens (tertiary/aromatic N) is 2. The molecule has 2 amide bonds. The lowest BCUT2D eigenvalue weighted by Gasteiger charge is -2.23. The van der Waals surface area contributed by atoms with Gasteiger partial charge in [0.25, 0.3) is 5.91 Å². The monoisotopic (exact) mass is 388 g/mol. The second-order valence-electron chi connectivity index (χ2n) is 6.60. The van der Waals surface area contributed by atoms with Crippen molar-refractivity contribution in [1.82, 2.24) is 4.98 Å². The zero-order valence-electron chi connectivity index (χ0n) is 16.3. The molecule has 1 unspecified atom stereocenters. The van der Waals surface area contributed by atoms with Crippen LogP contribution in [-0.4, -0.2) is 23.3 Å². The van der Waals surface area contributed by atoms with Crippen molar-refractivity contribution in [3.8, 4) is 0 Å². The first-order valence-electron chi connectivity index (χ1n) is 9.51. The van der Waals surface area contributed by atoms with Crippen LogP contribution in [0, 0.1) is 0 Å². The van der Waals surface area contributed by atoms with Crippen molar-refractivity contribution in [2.24, 2.45) is 5.73 Å². The summed E-state index contributed by atoms with van der Waals surface area (Å²) in [6, 6.07) is 19.5. The van der Waals surface area contributed by atoms with E-state index in [9.17, 15) is 9.59 Å². The van der Waals surface area contributed by atoms with Crippen molar-refractivity contribution in [2.45, 2.75) is 19.4 Å². The van der Waals surface area contributed by atoms with E-state index < -0.39 is 6.04 Å². The quantitative estimate of drug-likeness (QED) is 0.645. The van der Waals surface area contributed by atoms with Crippen LogP contribution in [0.25, 0.3) is 0 Å². The van der Waals surface area contributed by atoms with E-state index >= 15 is 0 Å². The molecule has 3 N–H and O–H groups in total. The molecule has 148 valence electrons. The molecule has 0 aliphatic heterocycles. The van der Waals surface area contributed by atoms with Gasteiger partial charge in [-0.05, 0) is 48.9 Å². The largest absolute Gasteiger partial charge is 0.324 e. The molecule has 1 atom stereocenters. The van der Waals surface area contributed by atoms with Gasteiger partial charge >= 0.3 is 0 Å². The van der Waals surface area contributed by atoms with Crippen LogP contribution in [0.3, 0.4) is 0 Å². The number of nitrogens with one attached hydrogen (secondary N) is 1. The lowest BCUT2D eigenvalue weighted by Crippen LogP contribution is -2.33. The number of pyridine rings is 1. The number of carbonyl (C=O) groups is 2. The summed E-state index contributed by atoms with van der Waals surface area (Å²) in [6.07, 6.45) is 3.42. The van der Waals surface area contributed by atoms with E-state index in [1.54, 1.807) is 53.7 Å². The minimum absolute atomic E-state index is 0.0364. The number of aromatic nitrogens is 1. The molecule has 6 nitrogen and oxygen atoms in total. The molecule has 1 heterocycles. The fraction of sp³-hybridized carbons (Fsp3) is 0.174. The number of para-hydroxylation sites is 1. The summed E-state index contributed by atoms with van der Waals surface area (Å²) in [7, 11) is 0. The first-order valence-corrected chi connectivity index (χ1v) is 9.51. The Hall–Kier alpha value is -3.51. The Balaban J connectivity index is 1.63. The number of hydrogen-bond donors (Lipinski definition) is 2. The number of carbonyl (C=O) groups excluding carboxylic acids is 2.